The van der Waals surface area contributed by atoms with E-state index in [0.717, 1.165) is 5.39 Å². The van der Waals surface area contributed by atoms with Gasteiger partial charge in [-0.3, -0.25) is 0 Å². The Hall–Kier alpha value is -1.56. The van der Waals surface area contributed by atoms with E-state index in [0.29, 0.717) is 34.9 Å². The third-order valence-corrected chi connectivity index (χ3v) is 2.89. The summed E-state index contributed by atoms with van der Waals surface area (Å²) in [7, 11) is 0. The van der Waals surface area contributed by atoms with Crippen molar-refractivity contribution in [2.75, 3.05) is 13.2 Å². The van der Waals surface area contributed by atoms with Crippen LogP contribution in [0.2, 0.25) is 0 Å². The minimum Gasteiger partial charge on any atom is -0.491 e. The predicted molar refractivity (Wildman–Crippen MR) is 70.9 cm³/mol. The fourth-order valence-electron chi connectivity index (χ4n) is 1.59. The zero-order chi connectivity index (χ0) is 13.1. The summed E-state index contributed by atoms with van der Waals surface area (Å²) in [4.78, 5) is 18.8. The van der Waals surface area contributed by atoms with E-state index >= 15 is 0 Å². The molecule has 96 valence electrons. The maximum atomic E-state index is 11.6. The number of H-pyrrole nitrogens is 1. The number of ether oxygens (including phenoxy) is 2. The van der Waals surface area contributed by atoms with Gasteiger partial charge in [-0.25, -0.2) is 9.78 Å². The molecule has 0 fully saturated rings. The Kier molecular flexibility index (Phi) is 3.86. The number of aromatic amines is 1. The lowest BCUT2D eigenvalue weighted by molar-refractivity contribution is 0.0520. The predicted octanol–water partition coefficient (Wildman–Crippen LogP) is 2.90. The van der Waals surface area contributed by atoms with Gasteiger partial charge in [0.15, 0.2) is 5.75 Å². The number of hydrogen-bond donors (Lipinski definition) is 1. The van der Waals surface area contributed by atoms with Gasteiger partial charge in [0.05, 0.1) is 13.2 Å². The second kappa shape index (κ2) is 5.39. The largest absolute Gasteiger partial charge is 0.491 e. The van der Waals surface area contributed by atoms with Crippen molar-refractivity contribution in [3.05, 3.63) is 22.4 Å². The van der Waals surface area contributed by atoms with Gasteiger partial charge in [0, 0.05) is 5.39 Å². The van der Waals surface area contributed by atoms with Crippen molar-refractivity contribution >= 4 is 32.9 Å². The molecule has 2 heterocycles. The Balaban J connectivity index is 2.42. The Morgan fingerprint density at radius 2 is 2.17 bits per heavy atom. The summed E-state index contributed by atoms with van der Waals surface area (Å²) >= 11 is 3.32. The number of halogens is 1. The Morgan fingerprint density at radius 3 is 2.83 bits per heavy atom. The van der Waals surface area contributed by atoms with Gasteiger partial charge in [-0.15, -0.1) is 0 Å². The first-order valence-electron chi connectivity index (χ1n) is 5.64. The normalized spacial score (nSPS) is 10.6. The van der Waals surface area contributed by atoms with Crippen LogP contribution in [0.3, 0.4) is 0 Å². The summed E-state index contributed by atoms with van der Waals surface area (Å²) < 4.78 is 11.0. The molecule has 0 spiro atoms. The molecule has 0 aromatic carbocycles. The van der Waals surface area contributed by atoms with Gasteiger partial charge in [-0.1, -0.05) is 0 Å². The molecule has 0 saturated carbocycles. The van der Waals surface area contributed by atoms with Crippen molar-refractivity contribution < 1.29 is 14.3 Å². The Labute approximate surface area is 113 Å². The van der Waals surface area contributed by atoms with E-state index in [1.165, 1.54) is 0 Å². The molecule has 0 atom stereocenters. The first-order valence-corrected chi connectivity index (χ1v) is 6.44. The van der Waals surface area contributed by atoms with Crippen LogP contribution in [0.1, 0.15) is 24.3 Å². The van der Waals surface area contributed by atoms with Crippen molar-refractivity contribution in [1.82, 2.24) is 9.97 Å². The van der Waals surface area contributed by atoms with Crippen LogP contribution in [-0.2, 0) is 4.74 Å². The minimum absolute atomic E-state index is 0.343. The Morgan fingerprint density at radius 1 is 1.39 bits per heavy atom. The topological polar surface area (TPSA) is 64.2 Å². The summed E-state index contributed by atoms with van der Waals surface area (Å²) in [5, 5.41) is 0.810. The summed E-state index contributed by atoms with van der Waals surface area (Å²) in [5.41, 5.74) is 1.01. The van der Waals surface area contributed by atoms with Crippen LogP contribution in [0.4, 0.5) is 0 Å². The number of aromatic nitrogens is 2. The molecule has 0 aliphatic carbocycles. The van der Waals surface area contributed by atoms with Gasteiger partial charge in [0.1, 0.15) is 15.9 Å². The Bertz CT molecular complexity index is 580. The summed E-state index contributed by atoms with van der Waals surface area (Å²) in [5.74, 6) is 0.268. The van der Waals surface area contributed by atoms with Crippen LogP contribution in [0.15, 0.2) is 16.7 Å². The molecular weight excluding hydrogens is 300 g/mol. The van der Waals surface area contributed by atoms with E-state index in [1.54, 1.807) is 13.0 Å². The maximum Gasteiger partial charge on any atom is 0.354 e. The van der Waals surface area contributed by atoms with E-state index in [1.807, 2.05) is 13.0 Å². The quantitative estimate of drug-likeness (QED) is 0.696. The van der Waals surface area contributed by atoms with Crippen molar-refractivity contribution in [2.24, 2.45) is 0 Å². The van der Waals surface area contributed by atoms with Gasteiger partial charge >= 0.3 is 5.97 Å². The van der Waals surface area contributed by atoms with Gasteiger partial charge < -0.3 is 14.5 Å². The van der Waals surface area contributed by atoms with Crippen LogP contribution in [0.5, 0.6) is 5.75 Å². The molecule has 2 aromatic heterocycles. The van der Waals surface area contributed by atoms with Crippen LogP contribution in [-0.4, -0.2) is 29.2 Å². The number of fused-ring (bicyclic) bond motifs is 1. The van der Waals surface area contributed by atoms with Crippen LogP contribution in [0.25, 0.3) is 11.0 Å². The molecule has 2 aromatic rings. The number of carbonyl (C=O) groups excluding carboxylic acids is 1. The third kappa shape index (κ3) is 2.48. The van der Waals surface area contributed by atoms with E-state index in [-0.39, 0.29) is 5.97 Å². The third-order valence-electron chi connectivity index (χ3n) is 2.32. The minimum atomic E-state index is -0.385. The van der Waals surface area contributed by atoms with Crippen LogP contribution < -0.4 is 4.74 Å². The number of hydrogen-bond acceptors (Lipinski definition) is 4. The molecule has 6 heteroatoms. The SMILES string of the molecule is CCOC(=O)c1cc2cc(OCC)c(Br)nc2[nH]1. The van der Waals surface area contributed by atoms with E-state index in [9.17, 15) is 4.79 Å². The van der Waals surface area contributed by atoms with Crippen molar-refractivity contribution in [3.63, 3.8) is 0 Å². The number of esters is 1. The molecule has 1 N–H and O–H groups in total. The summed E-state index contributed by atoms with van der Waals surface area (Å²) in [6.45, 7) is 4.57. The highest BCUT2D eigenvalue weighted by molar-refractivity contribution is 9.10. The standard InChI is InChI=1S/C12H13BrN2O3/c1-3-17-9-6-7-5-8(12(16)18-4-2)14-11(7)15-10(9)13/h5-6H,3-4H2,1-2H3,(H,14,15). The van der Waals surface area contributed by atoms with E-state index in [2.05, 4.69) is 25.9 Å². The molecule has 0 amide bonds. The number of pyridine rings is 1. The molecular formula is C12H13BrN2O3. The number of rotatable bonds is 4. The second-order valence-corrected chi connectivity index (χ2v) is 4.30. The molecule has 0 unspecified atom stereocenters. The average molecular weight is 313 g/mol. The fourth-order valence-corrected chi connectivity index (χ4v) is 2.00. The molecule has 5 nitrogen and oxygen atoms in total. The zero-order valence-corrected chi connectivity index (χ0v) is 11.7. The van der Waals surface area contributed by atoms with Crippen LogP contribution in [0, 0.1) is 0 Å². The number of carbonyl (C=O) groups is 1. The lowest BCUT2D eigenvalue weighted by Crippen LogP contribution is -2.04. The molecule has 0 radical (unpaired) electrons. The van der Waals surface area contributed by atoms with Gasteiger partial charge in [-0.05, 0) is 41.9 Å². The highest BCUT2D eigenvalue weighted by Crippen LogP contribution is 2.27. The molecule has 0 bridgehead atoms. The zero-order valence-electron chi connectivity index (χ0n) is 10.1. The van der Waals surface area contributed by atoms with Gasteiger partial charge in [0.2, 0.25) is 0 Å². The lowest BCUT2D eigenvalue weighted by Gasteiger charge is -2.04. The van der Waals surface area contributed by atoms with Gasteiger partial charge in [0.25, 0.3) is 0 Å². The first kappa shape index (κ1) is 12.9. The summed E-state index contributed by atoms with van der Waals surface area (Å²) in [6, 6.07) is 3.53. The highest BCUT2D eigenvalue weighted by Gasteiger charge is 2.13. The maximum absolute atomic E-state index is 11.6. The molecule has 0 aliphatic heterocycles. The van der Waals surface area contributed by atoms with Crippen LogP contribution >= 0.6 is 15.9 Å². The van der Waals surface area contributed by atoms with E-state index < -0.39 is 0 Å². The second-order valence-electron chi connectivity index (χ2n) is 3.55. The molecule has 2 rings (SSSR count). The fraction of sp³-hybridized carbons (Fsp3) is 0.333. The molecule has 0 saturated heterocycles. The average Bonchev–Trinajstić information content (AvgIpc) is 2.73. The van der Waals surface area contributed by atoms with Gasteiger partial charge in [-0.2, -0.15) is 0 Å². The highest BCUT2D eigenvalue weighted by atomic mass is 79.9. The number of nitrogens with one attached hydrogen (secondary N) is 1. The van der Waals surface area contributed by atoms with Crippen molar-refractivity contribution in [3.8, 4) is 5.75 Å². The monoisotopic (exact) mass is 312 g/mol. The first-order chi connectivity index (χ1) is 8.65. The molecule has 18 heavy (non-hydrogen) atoms. The summed E-state index contributed by atoms with van der Waals surface area (Å²) in [6.07, 6.45) is 0. The van der Waals surface area contributed by atoms with E-state index in [4.69, 9.17) is 9.47 Å². The smallest absolute Gasteiger partial charge is 0.354 e. The van der Waals surface area contributed by atoms with Crippen molar-refractivity contribution in [2.45, 2.75) is 13.8 Å². The molecule has 0 aliphatic rings. The number of nitrogens with zero attached hydrogens (tertiary/aromatic N) is 1. The lowest BCUT2D eigenvalue weighted by atomic mass is 10.3. The van der Waals surface area contributed by atoms with Crippen molar-refractivity contribution in [1.29, 1.82) is 0 Å².